The predicted octanol–water partition coefficient (Wildman–Crippen LogP) is 3.87. The summed E-state index contributed by atoms with van der Waals surface area (Å²) in [5.41, 5.74) is 6.66. The molecule has 0 heterocycles. The largest absolute Gasteiger partial charge is 0.324 e. The smallest absolute Gasteiger partial charge is 0.124 e. The van der Waals surface area contributed by atoms with E-state index >= 15 is 0 Å². The normalized spacial score (nSPS) is 11.7. The highest BCUT2D eigenvalue weighted by molar-refractivity contribution is 6.31. The van der Waals surface area contributed by atoms with Crippen LogP contribution in [0.1, 0.15) is 24.4 Å². The van der Waals surface area contributed by atoms with Crippen molar-refractivity contribution in [1.82, 2.24) is 0 Å². The molecule has 0 saturated carbocycles. The van der Waals surface area contributed by atoms with Gasteiger partial charge in [-0.05, 0) is 30.5 Å². The zero-order valence-corrected chi connectivity index (χ0v) is 9.82. The van der Waals surface area contributed by atoms with Crippen molar-refractivity contribution in [1.29, 1.82) is 0 Å². The van der Waals surface area contributed by atoms with Gasteiger partial charge in [0.25, 0.3) is 0 Å². The van der Waals surface area contributed by atoms with E-state index in [0.717, 1.165) is 18.4 Å². The average Bonchev–Trinajstić information content (AvgIpc) is 2.14. The van der Waals surface area contributed by atoms with Crippen molar-refractivity contribution < 1.29 is 4.39 Å². The molecule has 0 saturated heterocycles. The number of halogens is 3. The molecule has 4 heteroatoms. The van der Waals surface area contributed by atoms with Crippen LogP contribution in [0.3, 0.4) is 0 Å². The fourth-order valence-corrected chi connectivity index (χ4v) is 1.56. The van der Waals surface area contributed by atoms with E-state index < -0.39 is 0 Å². The highest BCUT2D eigenvalue weighted by atomic mass is 35.5. The molecule has 0 aromatic heterocycles. The van der Waals surface area contributed by atoms with E-state index in [2.05, 4.69) is 6.58 Å². The van der Waals surface area contributed by atoms with E-state index in [1.165, 1.54) is 12.1 Å². The first-order chi connectivity index (χ1) is 6.65. The van der Waals surface area contributed by atoms with Crippen LogP contribution in [-0.2, 0) is 0 Å². The molecule has 1 nitrogen and oxygen atoms in total. The van der Waals surface area contributed by atoms with Crippen molar-refractivity contribution >= 4 is 24.0 Å². The average molecular weight is 250 g/mol. The third kappa shape index (κ3) is 4.20. The molecule has 1 rings (SSSR count). The van der Waals surface area contributed by atoms with E-state index in [4.69, 9.17) is 17.3 Å². The Hall–Kier alpha value is -0.570. The third-order valence-corrected chi connectivity index (χ3v) is 2.37. The molecule has 0 spiro atoms. The van der Waals surface area contributed by atoms with Crippen LogP contribution in [0.4, 0.5) is 4.39 Å². The van der Waals surface area contributed by atoms with Gasteiger partial charge >= 0.3 is 0 Å². The molecule has 1 aromatic carbocycles. The lowest BCUT2D eigenvalue weighted by Gasteiger charge is -2.12. The first-order valence-electron chi connectivity index (χ1n) is 4.46. The molecule has 0 aliphatic rings. The minimum atomic E-state index is -0.338. The van der Waals surface area contributed by atoms with Gasteiger partial charge in [-0.3, -0.25) is 0 Å². The maximum absolute atomic E-state index is 12.7. The summed E-state index contributed by atoms with van der Waals surface area (Å²) in [4.78, 5) is 0. The lowest BCUT2D eigenvalue weighted by Crippen LogP contribution is -2.10. The Labute approximate surface area is 101 Å². The lowest BCUT2D eigenvalue weighted by molar-refractivity contribution is 0.621. The summed E-state index contributed by atoms with van der Waals surface area (Å²) in [5, 5.41) is 0.390. The Morgan fingerprint density at radius 2 is 2.20 bits per heavy atom. The van der Waals surface area contributed by atoms with Crippen molar-refractivity contribution in [2.75, 3.05) is 0 Å². The molecule has 0 fully saturated rings. The van der Waals surface area contributed by atoms with Gasteiger partial charge in [-0.2, -0.15) is 0 Å². The SMILES string of the molecule is C=CCC[C@@H](N)c1ccc(F)cc1Cl.Cl. The molecule has 0 unspecified atom stereocenters. The van der Waals surface area contributed by atoms with Gasteiger partial charge in [-0.15, -0.1) is 19.0 Å². The monoisotopic (exact) mass is 249 g/mol. The zero-order chi connectivity index (χ0) is 10.6. The summed E-state index contributed by atoms with van der Waals surface area (Å²) < 4.78 is 12.7. The van der Waals surface area contributed by atoms with E-state index in [1.807, 2.05) is 0 Å². The topological polar surface area (TPSA) is 26.0 Å². The first kappa shape index (κ1) is 14.4. The predicted molar refractivity (Wildman–Crippen MR) is 65.0 cm³/mol. The number of benzene rings is 1. The molecule has 0 aliphatic heterocycles. The Kier molecular flexibility index (Phi) is 6.57. The Balaban J connectivity index is 0.00000196. The second-order valence-corrected chi connectivity index (χ2v) is 3.55. The fraction of sp³-hybridized carbons (Fsp3) is 0.273. The highest BCUT2D eigenvalue weighted by Crippen LogP contribution is 2.25. The van der Waals surface area contributed by atoms with Crippen LogP contribution in [0.15, 0.2) is 30.9 Å². The number of rotatable bonds is 4. The van der Waals surface area contributed by atoms with Crippen molar-refractivity contribution in [3.63, 3.8) is 0 Å². The zero-order valence-electron chi connectivity index (χ0n) is 8.25. The van der Waals surface area contributed by atoms with Crippen LogP contribution in [0.25, 0.3) is 0 Å². The van der Waals surface area contributed by atoms with Gasteiger partial charge in [-0.1, -0.05) is 23.7 Å². The van der Waals surface area contributed by atoms with Crippen LogP contribution in [0.5, 0.6) is 0 Å². The summed E-state index contributed by atoms with van der Waals surface area (Å²) >= 11 is 5.86. The van der Waals surface area contributed by atoms with Gasteiger partial charge < -0.3 is 5.73 Å². The Morgan fingerprint density at radius 3 is 2.73 bits per heavy atom. The number of hydrogen-bond acceptors (Lipinski definition) is 1. The van der Waals surface area contributed by atoms with E-state index in [-0.39, 0.29) is 24.3 Å². The van der Waals surface area contributed by atoms with Gasteiger partial charge in [0.05, 0.1) is 0 Å². The van der Waals surface area contributed by atoms with Crippen LogP contribution in [0, 0.1) is 5.82 Å². The molecular weight excluding hydrogens is 236 g/mol. The van der Waals surface area contributed by atoms with Gasteiger partial charge in [0, 0.05) is 11.1 Å². The van der Waals surface area contributed by atoms with Crippen LogP contribution in [0.2, 0.25) is 5.02 Å². The summed E-state index contributed by atoms with van der Waals surface area (Å²) in [7, 11) is 0. The van der Waals surface area contributed by atoms with Crippen molar-refractivity contribution in [3.8, 4) is 0 Å². The molecule has 0 radical (unpaired) electrons. The highest BCUT2D eigenvalue weighted by Gasteiger charge is 2.09. The van der Waals surface area contributed by atoms with Gasteiger partial charge in [0.15, 0.2) is 0 Å². The summed E-state index contributed by atoms with van der Waals surface area (Å²) in [6.45, 7) is 3.61. The molecule has 0 aliphatic carbocycles. The van der Waals surface area contributed by atoms with Crippen molar-refractivity contribution in [2.24, 2.45) is 5.73 Å². The second-order valence-electron chi connectivity index (χ2n) is 3.14. The fourth-order valence-electron chi connectivity index (χ4n) is 1.26. The quantitative estimate of drug-likeness (QED) is 0.806. The minimum Gasteiger partial charge on any atom is -0.324 e. The van der Waals surface area contributed by atoms with Gasteiger partial charge in [0.2, 0.25) is 0 Å². The standard InChI is InChI=1S/C11H13ClFN.ClH/c1-2-3-4-11(14)9-6-5-8(13)7-10(9)12;/h2,5-7,11H,1,3-4,14H2;1H/t11-;/m1./s1. The van der Waals surface area contributed by atoms with E-state index in [0.29, 0.717) is 5.02 Å². The van der Waals surface area contributed by atoms with Crippen LogP contribution < -0.4 is 5.73 Å². The third-order valence-electron chi connectivity index (χ3n) is 2.04. The maximum atomic E-state index is 12.7. The maximum Gasteiger partial charge on any atom is 0.124 e. The molecule has 1 aromatic rings. The first-order valence-corrected chi connectivity index (χ1v) is 4.84. The van der Waals surface area contributed by atoms with Gasteiger partial charge in [0.1, 0.15) is 5.82 Å². The molecule has 1 atom stereocenters. The van der Waals surface area contributed by atoms with E-state index in [1.54, 1.807) is 12.1 Å². The molecule has 2 N–H and O–H groups in total. The molecule has 84 valence electrons. The minimum absolute atomic E-state index is 0. The number of nitrogens with two attached hydrogens (primary N) is 1. The Morgan fingerprint density at radius 1 is 1.53 bits per heavy atom. The van der Waals surface area contributed by atoms with Crippen LogP contribution >= 0.6 is 24.0 Å². The Bertz CT molecular complexity index is 328. The summed E-state index contributed by atoms with van der Waals surface area (Å²) in [6.07, 6.45) is 3.40. The lowest BCUT2D eigenvalue weighted by atomic mass is 10.0. The van der Waals surface area contributed by atoms with Crippen LogP contribution in [-0.4, -0.2) is 0 Å². The summed E-state index contributed by atoms with van der Waals surface area (Å²) in [5.74, 6) is -0.338. The summed E-state index contributed by atoms with van der Waals surface area (Å²) in [6, 6.07) is 4.13. The number of hydrogen-bond donors (Lipinski definition) is 1. The van der Waals surface area contributed by atoms with E-state index in [9.17, 15) is 4.39 Å². The van der Waals surface area contributed by atoms with Crippen molar-refractivity contribution in [2.45, 2.75) is 18.9 Å². The molecule has 0 amide bonds. The molecule has 15 heavy (non-hydrogen) atoms. The second kappa shape index (κ2) is 6.83. The molecular formula is C11H14Cl2FN. The molecule has 0 bridgehead atoms. The van der Waals surface area contributed by atoms with Crippen molar-refractivity contribution in [3.05, 3.63) is 47.3 Å². The van der Waals surface area contributed by atoms with Gasteiger partial charge in [-0.25, -0.2) is 4.39 Å². The number of allylic oxidation sites excluding steroid dienone is 1.